The van der Waals surface area contributed by atoms with E-state index in [0.717, 1.165) is 18.4 Å². The summed E-state index contributed by atoms with van der Waals surface area (Å²) in [5.74, 6) is 7.06. The summed E-state index contributed by atoms with van der Waals surface area (Å²) < 4.78 is 2.21. The summed E-state index contributed by atoms with van der Waals surface area (Å²) in [6.07, 6.45) is 20.8. The molecule has 8 saturated carbocycles. The zero-order chi connectivity index (χ0) is 27.0. The number of rotatable bonds is 4. The van der Waals surface area contributed by atoms with Gasteiger partial charge in [-0.05, 0) is 0 Å². The van der Waals surface area contributed by atoms with Crippen LogP contribution >= 0.6 is 15.8 Å². The molecule has 18 fully saturated rings. The average molecular weight is 631 g/mol. The van der Waals surface area contributed by atoms with Gasteiger partial charge in [0.05, 0.1) is 0 Å². The molecular formula is C38H56FeP2. The zero-order valence-electron chi connectivity index (χ0n) is 26.8. The van der Waals surface area contributed by atoms with Crippen LogP contribution in [0.5, 0.6) is 0 Å². The normalized spacial score (nSPS) is 86.9. The molecule has 5 unspecified atom stereocenters. The van der Waals surface area contributed by atoms with Crippen molar-refractivity contribution < 1.29 is 6.51 Å². The molecule has 0 amide bonds. The first-order chi connectivity index (χ1) is 19.1. The van der Waals surface area contributed by atoms with Crippen LogP contribution in [0, 0.1) is 35.5 Å². The minimum absolute atomic E-state index is 0.0923. The van der Waals surface area contributed by atoms with Crippen LogP contribution in [0.25, 0.3) is 0 Å². The second kappa shape index (κ2) is 3.33. The Morgan fingerprint density at radius 3 is 1.05 bits per heavy atom. The Morgan fingerprint density at radius 1 is 0.463 bits per heavy atom. The minimum atomic E-state index is -3.67. The summed E-state index contributed by atoms with van der Waals surface area (Å²) >= 11 is 0. The molecule has 18 aliphatic rings. The first-order valence-corrected chi connectivity index (χ1v) is 27.8. The molecular weight excluding hydrogens is 574 g/mol. The van der Waals surface area contributed by atoms with E-state index in [9.17, 15) is 0 Å². The van der Waals surface area contributed by atoms with Gasteiger partial charge in [-0.15, -0.1) is 0 Å². The second-order valence-corrected chi connectivity index (χ2v) is 56.3. The molecule has 41 heavy (non-hydrogen) atoms. The fraction of sp³-hybridized carbons (Fsp3) is 1.00. The molecule has 18 rings (SSSR count). The van der Waals surface area contributed by atoms with Crippen LogP contribution in [0.4, 0.5) is 0 Å². The van der Waals surface area contributed by atoms with Gasteiger partial charge in [-0.25, -0.2) is 0 Å². The molecule has 1 spiro atoms. The van der Waals surface area contributed by atoms with E-state index in [1.54, 1.807) is 77.0 Å². The standard InChI is InChI=1S/C33H51P2.C5H5.Fe/c1-30(2,3)34(31(4,5)6)28-8-7-9-29(28)35(32-16-22-10-23(17-32)12-24(11-22)18-32)33-19-25-13-26(20-33)15-27(14-25)21-33;1-2-4-5-3-1;/h7-9,22-27H,10-21H2,1-6H3;1-5H;. The SMILES string of the molecule is CC(C)(C)P(C(C)(C)C)[C]12[CH]3[CH]4[CH]5[C]1(P(C16CC7CC(CC(C7)C1)C6)C16CC7CC(CC(C7)C1)C6)[Fe]43521678[CH]2[CH]1[CH]6[CH]7[CH]28. The van der Waals surface area contributed by atoms with E-state index >= 15 is 0 Å². The molecule has 0 aromatic rings. The predicted octanol–water partition coefficient (Wildman–Crippen LogP) is 11.7. The van der Waals surface area contributed by atoms with Crippen LogP contribution < -0.4 is 0 Å². The topological polar surface area (TPSA) is 0 Å². The van der Waals surface area contributed by atoms with Gasteiger partial charge in [-0.2, -0.15) is 0 Å². The van der Waals surface area contributed by atoms with Crippen molar-refractivity contribution in [3.8, 4) is 0 Å². The molecule has 8 aliphatic carbocycles. The van der Waals surface area contributed by atoms with Crippen molar-refractivity contribution in [2.75, 3.05) is 0 Å². The Bertz CT molecular complexity index is 1710. The van der Waals surface area contributed by atoms with Gasteiger partial charge in [0, 0.05) is 0 Å². The quantitative estimate of drug-likeness (QED) is 0.214. The predicted molar refractivity (Wildman–Crippen MR) is 171 cm³/mol. The van der Waals surface area contributed by atoms with Gasteiger partial charge in [0.2, 0.25) is 0 Å². The maximum absolute atomic E-state index is 3.67. The second-order valence-electron chi connectivity index (χ2n) is 25.0. The summed E-state index contributed by atoms with van der Waals surface area (Å²) in [5, 5.41) is 2.94. The average Bonchev–Trinajstić information content (AvgIpc) is 3.77. The molecule has 5 atom stereocenters. The molecule has 226 valence electrons. The molecule has 0 aromatic heterocycles. The summed E-state index contributed by atoms with van der Waals surface area (Å²) in [4.78, 5) is 12.0. The van der Waals surface area contributed by atoms with Gasteiger partial charge in [-0.1, -0.05) is 0 Å². The van der Waals surface area contributed by atoms with Gasteiger partial charge < -0.3 is 0 Å². The van der Waals surface area contributed by atoms with Gasteiger partial charge in [0.1, 0.15) is 0 Å². The molecule has 0 nitrogen and oxygen atoms in total. The summed E-state index contributed by atoms with van der Waals surface area (Å²) in [6, 6.07) is 0. The Kier molecular flexibility index (Phi) is 1.79. The Balaban J connectivity index is 1.05. The third-order valence-corrected chi connectivity index (χ3v) is 84.9. The Labute approximate surface area is 242 Å². The van der Waals surface area contributed by atoms with Crippen molar-refractivity contribution in [2.24, 2.45) is 35.5 Å². The van der Waals surface area contributed by atoms with Gasteiger partial charge in [-0.3, -0.25) is 0 Å². The zero-order valence-corrected chi connectivity index (χ0v) is 29.7. The molecule has 10 saturated heterocycles. The van der Waals surface area contributed by atoms with Crippen LogP contribution in [0.1, 0.15) is 119 Å². The van der Waals surface area contributed by atoms with Crippen molar-refractivity contribution in [3.63, 3.8) is 0 Å². The first kappa shape index (κ1) is 22.0. The van der Waals surface area contributed by atoms with E-state index in [1.807, 2.05) is 0 Å². The van der Waals surface area contributed by atoms with Crippen LogP contribution in [0.3, 0.4) is 0 Å². The maximum atomic E-state index is 2.82. The summed E-state index contributed by atoms with van der Waals surface area (Å²) in [7, 11) is 0.307. The molecule has 8 bridgehead atoms. The van der Waals surface area contributed by atoms with E-state index in [0.29, 0.717) is 10.3 Å². The van der Waals surface area contributed by atoms with Crippen molar-refractivity contribution >= 4 is 15.8 Å². The third kappa shape index (κ3) is 0.633. The van der Waals surface area contributed by atoms with E-state index in [4.69, 9.17) is 0 Å². The van der Waals surface area contributed by atoms with Crippen LogP contribution in [-0.4, -0.2) is 28.7 Å². The van der Waals surface area contributed by atoms with Crippen molar-refractivity contribution in [1.29, 1.82) is 0 Å². The number of hydrogen-bond donors (Lipinski definition) is 0. The van der Waals surface area contributed by atoms with E-state index in [1.165, 1.54) is 74.0 Å². The molecule has 0 N–H and O–H groups in total. The van der Waals surface area contributed by atoms with Gasteiger partial charge in [0.15, 0.2) is 0 Å². The molecule has 3 heteroatoms. The Hall–Kier alpha value is 1.38. The van der Waals surface area contributed by atoms with Crippen LogP contribution in [0.2, 0.25) is 38.5 Å². The first-order valence-electron chi connectivity index (χ1n) is 19.0. The molecule has 0 aromatic carbocycles. The van der Waals surface area contributed by atoms with Crippen molar-refractivity contribution in [2.45, 2.75) is 186 Å². The van der Waals surface area contributed by atoms with Gasteiger partial charge >= 0.3 is 244 Å². The molecule has 10 heterocycles. The monoisotopic (exact) mass is 630 g/mol. The van der Waals surface area contributed by atoms with Gasteiger partial charge in [0.25, 0.3) is 0 Å². The van der Waals surface area contributed by atoms with Crippen molar-refractivity contribution in [1.82, 2.24) is 0 Å². The molecule has 0 radical (unpaired) electrons. The third-order valence-electron chi connectivity index (χ3n) is 25.7. The van der Waals surface area contributed by atoms with Crippen molar-refractivity contribution in [3.05, 3.63) is 0 Å². The summed E-state index contributed by atoms with van der Waals surface area (Å²) in [6.45, 7) is 13.3. The van der Waals surface area contributed by atoms with E-state index in [2.05, 4.69) is 41.5 Å². The number of fused-ring (bicyclic) bond motifs is 10. The Morgan fingerprint density at radius 2 is 0.780 bits per heavy atom. The fourth-order valence-corrected chi connectivity index (χ4v) is 142. The molecule has 10 aliphatic heterocycles. The van der Waals surface area contributed by atoms with Crippen LogP contribution in [0.15, 0.2) is 0 Å². The van der Waals surface area contributed by atoms with E-state index in [-0.39, 0.29) is 15.8 Å². The van der Waals surface area contributed by atoms with Crippen LogP contribution in [-0.2, 0) is 6.51 Å². The van der Waals surface area contributed by atoms with E-state index < -0.39 is 6.51 Å². The number of hydrogen-bond acceptors (Lipinski definition) is 0. The fourth-order valence-electron chi connectivity index (χ4n) is 29.4. The summed E-state index contributed by atoms with van der Waals surface area (Å²) in [5.41, 5.74) is 0.